The van der Waals surface area contributed by atoms with Crippen LogP contribution in [0.15, 0.2) is 84.8 Å². The van der Waals surface area contributed by atoms with Gasteiger partial charge in [-0.1, -0.05) is 48.0 Å². The molecule has 1 aliphatic heterocycles. The summed E-state index contributed by atoms with van der Waals surface area (Å²) in [4.78, 5) is 51.3. The Kier molecular flexibility index (Phi) is 6.66. The Morgan fingerprint density at radius 1 is 1.03 bits per heavy atom. The number of aryl methyl sites for hydroxylation is 1. The third-order valence-corrected chi connectivity index (χ3v) is 5.90. The van der Waals surface area contributed by atoms with Crippen LogP contribution in [-0.4, -0.2) is 37.8 Å². The van der Waals surface area contributed by atoms with Gasteiger partial charge in [-0.15, -0.1) is 0 Å². The molecule has 8 nitrogen and oxygen atoms in total. The number of rotatable bonds is 4. The number of aliphatic hydroxyl groups excluding tert-OH is 1. The largest absolute Gasteiger partial charge is 0.507 e. The topological polar surface area (TPSA) is 120 Å². The van der Waals surface area contributed by atoms with Gasteiger partial charge < -0.3 is 15.0 Å². The Morgan fingerprint density at radius 3 is 2.37 bits per heavy atom. The lowest BCUT2D eigenvalue weighted by Crippen LogP contribution is -2.29. The van der Waals surface area contributed by atoms with E-state index in [4.69, 9.17) is 9.59 Å². The van der Waals surface area contributed by atoms with Gasteiger partial charge in [0, 0.05) is 41.6 Å². The predicted molar refractivity (Wildman–Crippen MR) is 127 cm³/mol. The van der Waals surface area contributed by atoms with Gasteiger partial charge in [0.2, 0.25) is 0 Å². The monoisotopic (exact) mass is 467 g/mol. The number of aromatic amines is 1. The van der Waals surface area contributed by atoms with Gasteiger partial charge in [0.1, 0.15) is 5.76 Å². The van der Waals surface area contributed by atoms with Crippen molar-refractivity contribution in [1.82, 2.24) is 14.9 Å². The minimum absolute atomic E-state index is 0.0879. The second-order valence-electron chi connectivity index (χ2n) is 8.02. The quantitative estimate of drug-likeness (QED) is 0.267. The highest BCUT2D eigenvalue weighted by Crippen LogP contribution is 2.40. The number of hydrogen-bond donors (Lipinski definition) is 2. The number of carbonyl (C=O) groups excluding carboxylic acids is 4. The fraction of sp³-hybridized carbons (Fsp3) is 0.111. The molecule has 3 heterocycles. The Hall–Kier alpha value is -4.81. The first kappa shape index (κ1) is 23.4. The number of H-pyrrole nitrogens is 1. The summed E-state index contributed by atoms with van der Waals surface area (Å²) in [7, 11) is 0. The molecule has 2 aromatic heterocycles. The van der Waals surface area contributed by atoms with E-state index in [1.807, 2.05) is 61.7 Å². The first-order valence-electron chi connectivity index (χ1n) is 10.8. The maximum atomic E-state index is 13.2. The zero-order valence-electron chi connectivity index (χ0n) is 18.8. The van der Waals surface area contributed by atoms with Gasteiger partial charge in [0.15, 0.2) is 0 Å². The van der Waals surface area contributed by atoms with Crippen LogP contribution in [0.5, 0.6) is 0 Å². The van der Waals surface area contributed by atoms with Gasteiger partial charge in [-0.25, -0.2) is 0 Å². The normalized spacial score (nSPS) is 16.6. The molecule has 4 aromatic rings. The van der Waals surface area contributed by atoms with Gasteiger partial charge in [-0.3, -0.25) is 14.6 Å². The highest BCUT2D eigenvalue weighted by Gasteiger charge is 2.46. The molecule has 35 heavy (non-hydrogen) atoms. The number of aromatic nitrogens is 2. The zero-order chi connectivity index (χ0) is 24.9. The zero-order valence-corrected chi connectivity index (χ0v) is 18.8. The number of Topliss-reactive ketones (excluding diaryl/α,β-unsaturated/α-hetero) is 1. The second kappa shape index (κ2) is 9.99. The molecule has 1 saturated heterocycles. The molecule has 0 spiro atoms. The minimum atomic E-state index is -0.697. The van der Waals surface area contributed by atoms with Crippen LogP contribution in [0.3, 0.4) is 0 Å². The van der Waals surface area contributed by atoms with Crippen LogP contribution in [0.25, 0.3) is 16.7 Å². The van der Waals surface area contributed by atoms with E-state index in [1.165, 1.54) is 17.3 Å². The van der Waals surface area contributed by atoms with E-state index in [-0.39, 0.29) is 24.0 Å². The molecule has 1 aliphatic rings. The van der Waals surface area contributed by atoms with E-state index < -0.39 is 17.7 Å². The number of nitrogens with one attached hydrogen (secondary N) is 1. The van der Waals surface area contributed by atoms with Crippen molar-refractivity contribution in [2.24, 2.45) is 0 Å². The molecule has 8 heteroatoms. The van der Waals surface area contributed by atoms with Crippen molar-refractivity contribution in [3.05, 3.63) is 107 Å². The van der Waals surface area contributed by atoms with Gasteiger partial charge in [-0.05, 0) is 36.2 Å². The molecular formula is C27H21N3O5. The van der Waals surface area contributed by atoms with E-state index in [2.05, 4.69) is 9.97 Å². The van der Waals surface area contributed by atoms with E-state index in [0.29, 0.717) is 5.56 Å². The number of amides is 1. The van der Waals surface area contributed by atoms with Crippen molar-refractivity contribution in [1.29, 1.82) is 0 Å². The van der Waals surface area contributed by atoms with Crippen LogP contribution in [0, 0.1) is 6.92 Å². The average Bonchev–Trinajstić information content (AvgIpc) is 3.39. The van der Waals surface area contributed by atoms with Gasteiger partial charge in [-0.2, -0.15) is 9.59 Å². The molecule has 2 aromatic carbocycles. The van der Waals surface area contributed by atoms with E-state index >= 15 is 0 Å². The van der Waals surface area contributed by atoms with Gasteiger partial charge in [0.05, 0.1) is 11.6 Å². The summed E-state index contributed by atoms with van der Waals surface area (Å²) in [5.74, 6) is -1.51. The van der Waals surface area contributed by atoms with Crippen LogP contribution in [0.2, 0.25) is 0 Å². The van der Waals surface area contributed by atoms with Crippen LogP contribution < -0.4 is 0 Å². The van der Waals surface area contributed by atoms with E-state index in [0.717, 1.165) is 27.6 Å². The second-order valence-corrected chi connectivity index (χ2v) is 8.02. The standard InChI is InChI=1S/C26H21N3O3.CO2/c1-16-6-8-17(9-7-16)23-22(24(30)18-10-12-27-13-11-18)25(31)26(32)29(23)15-19-14-28-21-5-3-2-4-20(19)21;2-1-3/h2-14,23,28,30H,15H2,1H3;. The molecule has 2 N–H and O–H groups in total. The van der Waals surface area contributed by atoms with Crippen molar-refractivity contribution in [2.75, 3.05) is 0 Å². The SMILES string of the molecule is Cc1ccc(C2C(=C(O)c3ccncc3)C(=O)C(=O)N2Cc2c[nH]c3ccccc23)cc1.O=C=O. The molecule has 1 fully saturated rings. The lowest BCUT2D eigenvalue weighted by molar-refractivity contribution is -0.191. The maximum Gasteiger partial charge on any atom is 0.373 e. The molecular weight excluding hydrogens is 446 g/mol. The number of hydrogen-bond acceptors (Lipinski definition) is 6. The first-order chi connectivity index (χ1) is 17.0. The molecule has 0 aliphatic carbocycles. The van der Waals surface area contributed by atoms with Gasteiger partial charge >= 0.3 is 6.15 Å². The van der Waals surface area contributed by atoms with Crippen LogP contribution in [0.1, 0.15) is 28.3 Å². The Morgan fingerprint density at radius 2 is 1.69 bits per heavy atom. The van der Waals surface area contributed by atoms with E-state index in [1.54, 1.807) is 12.1 Å². The van der Waals surface area contributed by atoms with Crippen molar-refractivity contribution in [2.45, 2.75) is 19.5 Å². The molecule has 0 bridgehead atoms. The fourth-order valence-electron chi connectivity index (χ4n) is 4.25. The summed E-state index contributed by atoms with van der Waals surface area (Å²) < 4.78 is 0. The molecule has 0 saturated carbocycles. The smallest absolute Gasteiger partial charge is 0.373 e. The minimum Gasteiger partial charge on any atom is -0.507 e. The summed E-state index contributed by atoms with van der Waals surface area (Å²) in [6.45, 7) is 2.21. The number of ketones is 1. The third kappa shape index (κ3) is 4.51. The fourth-order valence-corrected chi connectivity index (χ4v) is 4.25. The number of para-hydroxylation sites is 1. The summed E-state index contributed by atoms with van der Waals surface area (Å²) >= 11 is 0. The molecule has 1 atom stereocenters. The summed E-state index contributed by atoms with van der Waals surface area (Å²) in [6.07, 6.45) is 5.19. The Bertz CT molecular complexity index is 1450. The number of likely N-dealkylation sites (tertiary alicyclic amines) is 1. The Balaban J connectivity index is 0.000000917. The predicted octanol–water partition coefficient (Wildman–Crippen LogP) is 3.91. The van der Waals surface area contributed by atoms with Crippen LogP contribution >= 0.6 is 0 Å². The van der Waals surface area contributed by atoms with Crippen molar-refractivity contribution in [3.63, 3.8) is 0 Å². The summed E-state index contributed by atoms with van der Waals surface area (Å²) in [5.41, 5.74) is 4.24. The molecule has 1 amide bonds. The summed E-state index contributed by atoms with van der Waals surface area (Å²) in [6, 6.07) is 18.0. The maximum absolute atomic E-state index is 13.2. The van der Waals surface area contributed by atoms with Gasteiger partial charge in [0.25, 0.3) is 11.7 Å². The number of aliphatic hydroxyl groups is 1. The number of carbonyl (C=O) groups is 2. The molecule has 0 radical (unpaired) electrons. The first-order valence-corrected chi connectivity index (χ1v) is 10.8. The van der Waals surface area contributed by atoms with Crippen molar-refractivity contribution < 1.29 is 24.3 Å². The number of pyridine rings is 1. The van der Waals surface area contributed by atoms with Crippen molar-refractivity contribution >= 4 is 34.5 Å². The number of fused-ring (bicyclic) bond motifs is 1. The third-order valence-electron chi connectivity index (χ3n) is 5.90. The summed E-state index contributed by atoms with van der Waals surface area (Å²) in [5, 5.41) is 12.0. The van der Waals surface area contributed by atoms with Crippen LogP contribution in [-0.2, 0) is 25.7 Å². The highest BCUT2D eigenvalue weighted by molar-refractivity contribution is 6.46. The molecule has 174 valence electrons. The van der Waals surface area contributed by atoms with Crippen LogP contribution in [0.4, 0.5) is 0 Å². The highest BCUT2D eigenvalue weighted by atomic mass is 16.3. The molecule has 1 unspecified atom stereocenters. The Labute approximate surface area is 200 Å². The lowest BCUT2D eigenvalue weighted by atomic mass is 9.95. The number of nitrogens with zero attached hydrogens (tertiary/aromatic N) is 2. The van der Waals surface area contributed by atoms with Crippen molar-refractivity contribution in [3.8, 4) is 0 Å². The van der Waals surface area contributed by atoms with E-state index in [9.17, 15) is 14.7 Å². The number of benzene rings is 2. The lowest BCUT2D eigenvalue weighted by Gasteiger charge is -2.25. The average molecular weight is 467 g/mol. The molecule has 5 rings (SSSR count).